The van der Waals surface area contributed by atoms with Gasteiger partial charge < -0.3 is 10.2 Å². The number of anilines is 1. The van der Waals surface area contributed by atoms with Gasteiger partial charge in [0.05, 0.1) is 0 Å². The fraction of sp³-hybridized carbons (Fsp3) is 0.200. The highest BCUT2D eigenvalue weighted by atomic mass is 79.9. The van der Waals surface area contributed by atoms with Crippen LogP contribution in [0.1, 0.15) is 16.8 Å². The van der Waals surface area contributed by atoms with Crippen molar-refractivity contribution in [1.82, 2.24) is 9.88 Å². The van der Waals surface area contributed by atoms with E-state index in [0.29, 0.717) is 13.1 Å². The Morgan fingerprint density at radius 1 is 1.35 bits per heavy atom. The van der Waals surface area contributed by atoms with Crippen LogP contribution < -0.4 is 5.32 Å². The number of hydrogen-bond donors (Lipinski definition) is 1. The zero-order valence-electron chi connectivity index (χ0n) is 11.1. The van der Waals surface area contributed by atoms with Gasteiger partial charge in [-0.3, -0.25) is 4.98 Å². The van der Waals surface area contributed by atoms with Gasteiger partial charge in [0.25, 0.3) is 0 Å². The summed E-state index contributed by atoms with van der Waals surface area (Å²) in [5, 5.41) is 2.91. The lowest BCUT2D eigenvalue weighted by Crippen LogP contribution is -2.30. The molecule has 2 heterocycles. The fourth-order valence-electron chi connectivity index (χ4n) is 2.35. The Morgan fingerprint density at radius 2 is 2.20 bits per heavy atom. The average Bonchev–Trinajstić information content (AvgIpc) is 2.84. The number of fused-ring (bicyclic) bond motifs is 1. The number of benzene rings is 1. The first kappa shape index (κ1) is 13.1. The van der Waals surface area contributed by atoms with Crippen LogP contribution in [0.4, 0.5) is 10.5 Å². The predicted molar refractivity (Wildman–Crippen MR) is 81.4 cm³/mol. The van der Waals surface area contributed by atoms with Crippen LogP contribution in [0.5, 0.6) is 0 Å². The molecule has 3 rings (SSSR count). The molecule has 102 valence electrons. The first-order valence-corrected chi connectivity index (χ1v) is 7.17. The minimum atomic E-state index is -0.0845. The molecule has 2 aromatic rings. The third kappa shape index (κ3) is 2.54. The van der Waals surface area contributed by atoms with Crippen LogP contribution in [-0.4, -0.2) is 15.9 Å². The summed E-state index contributed by atoms with van der Waals surface area (Å²) >= 11 is 3.53. The van der Waals surface area contributed by atoms with Crippen molar-refractivity contribution >= 4 is 27.6 Å². The van der Waals surface area contributed by atoms with Gasteiger partial charge in [0.2, 0.25) is 0 Å². The molecule has 0 bridgehead atoms. The number of halogens is 1. The molecule has 0 unspecified atom stereocenters. The normalized spacial score (nSPS) is 13.2. The van der Waals surface area contributed by atoms with Crippen LogP contribution in [-0.2, 0) is 13.1 Å². The summed E-state index contributed by atoms with van der Waals surface area (Å²) < 4.78 is 1.06. The number of carbonyl (C=O) groups is 1. The van der Waals surface area contributed by atoms with Crippen molar-refractivity contribution in [3.8, 4) is 0 Å². The van der Waals surface area contributed by atoms with E-state index < -0.39 is 0 Å². The van der Waals surface area contributed by atoms with Crippen molar-refractivity contribution in [2.24, 2.45) is 0 Å². The van der Waals surface area contributed by atoms with E-state index in [1.807, 2.05) is 25.1 Å². The lowest BCUT2D eigenvalue weighted by molar-refractivity contribution is 0.212. The number of urea groups is 1. The maximum Gasteiger partial charge on any atom is 0.322 e. The molecule has 0 saturated heterocycles. The number of nitrogens with zero attached hydrogens (tertiary/aromatic N) is 2. The van der Waals surface area contributed by atoms with Crippen molar-refractivity contribution in [3.05, 3.63) is 57.8 Å². The molecule has 0 radical (unpaired) electrons. The number of amides is 2. The van der Waals surface area contributed by atoms with E-state index in [1.165, 1.54) is 11.1 Å². The summed E-state index contributed by atoms with van der Waals surface area (Å²) in [7, 11) is 0. The molecule has 0 spiro atoms. The largest absolute Gasteiger partial charge is 0.322 e. The minimum Gasteiger partial charge on any atom is -0.316 e. The van der Waals surface area contributed by atoms with E-state index in [0.717, 1.165) is 15.9 Å². The Balaban J connectivity index is 1.73. The lowest BCUT2D eigenvalue weighted by Gasteiger charge is -2.16. The van der Waals surface area contributed by atoms with Gasteiger partial charge in [0, 0.05) is 35.1 Å². The second-order valence-electron chi connectivity index (χ2n) is 4.85. The van der Waals surface area contributed by atoms with Gasteiger partial charge in [-0.2, -0.15) is 0 Å². The summed E-state index contributed by atoms with van der Waals surface area (Å²) in [5.41, 5.74) is 4.04. The van der Waals surface area contributed by atoms with E-state index in [4.69, 9.17) is 0 Å². The van der Waals surface area contributed by atoms with E-state index >= 15 is 0 Å². The second kappa shape index (κ2) is 5.25. The van der Waals surface area contributed by atoms with Gasteiger partial charge in [-0.15, -0.1) is 0 Å². The number of nitrogens with one attached hydrogen (secondary N) is 1. The molecular formula is C15H14BrN3O. The highest BCUT2D eigenvalue weighted by molar-refractivity contribution is 9.10. The number of carbonyl (C=O) groups excluding carboxylic acids is 1. The molecular weight excluding hydrogens is 318 g/mol. The SMILES string of the molecule is Cc1cc(NC(=O)N2Cc3cccc(Br)c3C2)ccn1. The quantitative estimate of drug-likeness (QED) is 0.865. The molecule has 20 heavy (non-hydrogen) atoms. The van der Waals surface area contributed by atoms with Gasteiger partial charge in [0.1, 0.15) is 0 Å². The van der Waals surface area contributed by atoms with Gasteiger partial charge in [-0.1, -0.05) is 28.1 Å². The molecule has 1 aliphatic heterocycles. The second-order valence-corrected chi connectivity index (χ2v) is 5.70. The molecule has 0 saturated carbocycles. The highest BCUT2D eigenvalue weighted by Gasteiger charge is 2.24. The summed E-state index contributed by atoms with van der Waals surface area (Å²) in [6.45, 7) is 3.18. The number of aromatic nitrogens is 1. The molecule has 0 fully saturated rings. The maximum atomic E-state index is 12.3. The standard InChI is InChI=1S/C15H14BrN3O/c1-10-7-12(5-6-17-10)18-15(20)19-8-11-3-2-4-14(16)13(11)9-19/h2-7H,8-9H2,1H3,(H,17,18,20). The van der Waals surface area contributed by atoms with Gasteiger partial charge in [-0.25, -0.2) is 4.79 Å². The van der Waals surface area contributed by atoms with Gasteiger partial charge in [-0.05, 0) is 36.2 Å². The first-order valence-electron chi connectivity index (χ1n) is 6.38. The number of pyridine rings is 1. The topological polar surface area (TPSA) is 45.2 Å². The monoisotopic (exact) mass is 331 g/mol. The Morgan fingerprint density at radius 3 is 2.95 bits per heavy atom. The summed E-state index contributed by atoms with van der Waals surface area (Å²) in [5.74, 6) is 0. The van der Waals surface area contributed by atoms with Crippen LogP contribution in [0, 0.1) is 6.92 Å². The Kier molecular flexibility index (Phi) is 3.44. The maximum absolute atomic E-state index is 12.3. The average molecular weight is 332 g/mol. The van der Waals surface area contributed by atoms with Crippen LogP contribution >= 0.6 is 15.9 Å². The summed E-state index contributed by atoms with van der Waals surface area (Å²) in [6.07, 6.45) is 1.69. The Labute approximate surface area is 126 Å². The third-order valence-electron chi connectivity index (χ3n) is 3.36. The highest BCUT2D eigenvalue weighted by Crippen LogP contribution is 2.29. The zero-order chi connectivity index (χ0) is 14.1. The van der Waals surface area contributed by atoms with Crippen molar-refractivity contribution in [3.63, 3.8) is 0 Å². The fourth-order valence-corrected chi connectivity index (χ4v) is 2.88. The van der Waals surface area contributed by atoms with Gasteiger partial charge >= 0.3 is 6.03 Å². The predicted octanol–water partition coefficient (Wildman–Crippen LogP) is 3.70. The molecule has 1 aromatic carbocycles. The number of aryl methyl sites for hydroxylation is 1. The van der Waals surface area contributed by atoms with E-state index in [9.17, 15) is 4.79 Å². The molecule has 1 aliphatic rings. The van der Waals surface area contributed by atoms with Crippen LogP contribution in [0.2, 0.25) is 0 Å². The molecule has 0 atom stereocenters. The van der Waals surface area contributed by atoms with Gasteiger partial charge in [0.15, 0.2) is 0 Å². The van der Waals surface area contributed by atoms with Crippen molar-refractivity contribution in [1.29, 1.82) is 0 Å². The van der Waals surface area contributed by atoms with Crippen LogP contribution in [0.25, 0.3) is 0 Å². The summed E-state index contributed by atoms with van der Waals surface area (Å²) in [6, 6.07) is 9.63. The van der Waals surface area contributed by atoms with E-state index in [2.05, 4.69) is 32.3 Å². The molecule has 2 amide bonds. The van der Waals surface area contributed by atoms with E-state index in [1.54, 1.807) is 17.2 Å². The van der Waals surface area contributed by atoms with E-state index in [-0.39, 0.29) is 6.03 Å². The first-order chi connectivity index (χ1) is 9.63. The van der Waals surface area contributed by atoms with Crippen LogP contribution in [0.3, 0.4) is 0 Å². The smallest absolute Gasteiger partial charge is 0.316 e. The van der Waals surface area contributed by atoms with Crippen molar-refractivity contribution < 1.29 is 4.79 Å². The summed E-state index contributed by atoms with van der Waals surface area (Å²) in [4.78, 5) is 18.2. The molecule has 4 nitrogen and oxygen atoms in total. The Bertz CT molecular complexity index is 672. The molecule has 5 heteroatoms. The van der Waals surface area contributed by atoms with Crippen molar-refractivity contribution in [2.45, 2.75) is 20.0 Å². The molecule has 0 aliphatic carbocycles. The third-order valence-corrected chi connectivity index (χ3v) is 4.10. The zero-order valence-corrected chi connectivity index (χ0v) is 12.6. The number of hydrogen-bond acceptors (Lipinski definition) is 2. The molecule has 1 aromatic heterocycles. The minimum absolute atomic E-state index is 0.0845. The van der Waals surface area contributed by atoms with Crippen molar-refractivity contribution in [2.75, 3.05) is 5.32 Å². The molecule has 1 N–H and O–H groups in total. The lowest BCUT2D eigenvalue weighted by atomic mass is 10.1. The Hall–Kier alpha value is -1.88. The number of rotatable bonds is 1. The van der Waals surface area contributed by atoms with Crippen LogP contribution in [0.15, 0.2) is 41.0 Å².